The van der Waals surface area contributed by atoms with E-state index in [2.05, 4.69) is 0 Å². The molecule has 23 heteroatoms. The van der Waals surface area contributed by atoms with E-state index in [9.17, 15) is 59.5 Å². The van der Waals surface area contributed by atoms with Gasteiger partial charge in [0.05, 0.1) is 43.8 Å². The monoisotopic (exact) mass is 1170 g/mol. The summed E-state index contributed by atoms with van der Waals surface area (Å²) in [6, 6.07) is 17.5. The fraction of sp³-hybridized carbons (Fsp3) is 0.418. The van der Waals surface area contributed by atoms with Crippen molar-refractivity contribution in [2.45, 2.75) is 96.0 Å². The van der Waals surface area contributed by atoms with E-state index in [0.717, 1.165) is 18.1 Å². The summed E-state index contributed by atoms with van der Waals surface area (Å²) in [6.45, 7) is 7.69. The zero-order valence-electron chi connectivity index (χ0n) is 43.6. The number of aryl methyl sites for hydroxylation is 2. The predicted octanol–water partition coefficient (Wildman–Crippen LogP) is 7.87. The van der Waals surface area contributed by atoms with Crippen molar-refractivity contribution in [1.82, 2.24) is 18.9 Å². The highest BCUT2D eigenvalue weighted by atomic mass is 35.5. The second kappa shape index (κ2) is 22.7. The van der Waals surface area contributed by atoms with Gasteiger partial charge >= 0.3 is 0 Å². The molecule has 16 nitrogen and oxygen atoms in total. The number of benzene rings is 3. The highest BCUT2D eigenvalue weighted by Gasteiger charge is 2.63. The fourth-order valence-electron chi connectivity index (χ4n) is 10.7. The maximum absolute atomic E-state index is 14.5. The van der Waals surface area contributed by atoms with Gasteiger partial charge in [-0.1, -0.05) is 77.8 Å². The number of aromatic hydroxyl groups is 1. The third-order valence-electron chi connectivity index (χ3n) is 14.9. The molecule has 0 radical (unpaired) electrons. The first-order valence-electron chi connectivity index (χ1n) is 24.9. The number of aromatic nitrogens is 2. The van der Waals surface area contributed by atoms with E-state index in [0.29, 0.717) is 12.8 Å². The van der Waals surface area contributed by atoms with Crippen LogP contribution in [0.4, 0.5) is 8.78 Å². The highest BCUT2D eigenvalue weighted by molar-refractivity contribution is 7.90. The van der Waals surface area contributed by atoms with Crippen molar-refractivity contribution in [2.75, 3.05) is 37.1 Å². The first kappa shape index (κ1) is 59.7. The Hall–Kier alpha value is -5.93. The van der Waals surface area contributed by atoms with Crippen LogP contribution in [0.2, 0.25) is 10.0 Å². The third-order valence-corrected chi connectivity index (χ3v) is 17.5. The SMILES string of the molecule is CC(C)N1C[C@]2(C[C@H]2CS(C)(=O)=O)n2cc(C(=O)CCc3cccc(Cl)c3F)c(=O)c(O)c2C1=O.CC(C)N1C[C@]2(C[C@H]2CS(C)(=O)=O)n2cc(C(=O)CCc3cccc(Cl)c3F)c(=O)c(OCc3ccccc3)c2C1=O.Cl. The second-order valence-electron chi connectivity index (χ2n) is 21.2. The average Bonchev–Trinajstić information content (AvgIpc) is 4.42. The van der Waals surface area contributed by atoms with Gasteiger partial charge < -0.3 is 28.8 Å². The third kappa shape index (κ3) is 12.0. The van der Waals surface area contributed by atoms with Crippen LogP contribution in [0, 0.1) is 23.5 Å². The van der Waals surface area contributed by atoms with Gasteiger partial charge in [0.25, 0.3) is 11.8 Å². The Morgan fingerprint density at radius 1 is 0.667 bits per heavy atom. The molecule has 1 N–H and O–H groups in total. The quantitative estimate of drug-likeness (QED) is 0.0881. The van der Waals surface area contributed by atoms with Crippen molar-refractivity contribution in [2.24, 2.45) is 11.8 Å². The van der Waals surface area contributed by atoms with Crippen LogP contribution in [0.1, 0.15) is 112 Å². The molecule has 5 aromatic rings. The number of Topliss-reactive ketones (excluding diaryl/α,β-unsaturated/α-hetero) is 2. The second-order valence-corrected chi connectivity index (χ2v) is 26.3. The van der Waals surface area contributed by atoms with Crippen molar-refractivity contribution in [3.05, 3.63) is 160 Å². The summed E-state index contributed by atoms with van der Waals surface area (Å²) in [5.74, 6) is -5.44. The van der Waals surface area contributed by atoms with Crippen LogP contribution in [-0.2, 0) is 50.2 Å². The van der Waals surface area contributed by atoms with Gasteiger partial charge in [0, 0.05) is 74.8 Å². The van der Waals surface area contributed by atoms with E-state index in [1.165, 1.54) is 46.1 Å². The van der Waals surface area contributed by atoms with E-state index < -0.39 is 82.4 Å². The smallest absolute Gasteiger partial charge is 0.274 e. The summed E-state index contributed by atoms with van der Waals surface area (Å²) in [5, 5.41) is 10.6. The topological polar surface area (TPSA) is 216 Å². The largest absolute Gasteiger partial charge is 0.503 e. The molecule has 0 unspecified atom stereocenters. The van der Waals surface area contributed by atoms with Crippen LogP contribution in [0.3, 0.4) is 0 Å². The van der Waals surface area contributed by atoms with Crippen LogP contribution in [0.5, 0.6) is 11.5 Å². The van der Waals surface area contributed by atoms with Crippen molar-refractivity contribution in [1.29, 1.82) is 0 Å². The average molecular weight is 1180 g/mol. The summed E-state index contributed by atoms with van der Waals surface area (Å²) in [5.41, 5.74) is -2.95. The molecule has 0 bridgehead atoms. The molecule has 0 saturated heterocycles. The van der Waals surface area contributed by atoms with Crippen molar-refractivity contribution < 1.29 is 54.6 Å². The van der Waals surface area contributed by atoms with Crippen LogP contribution in [-0.4, -0.2) is 113 Å². The molecular formula is C55H59Cl3F2N4O12S2. The molecule has 78 heavy (non-hydrogen) atoms. The summed E-state index contributed by atoms with van der Waals surface area (Å²) in [7, 11) is -6.69. The minimum Gasteiger partial charge on any atom is -0.503 e. The Kier molecular flexibility index (Phi) is 17.4. The number of ether oxygens (including phenoxy) is 1. The number of fused-ring (bicyclic) bond motifs is 4. The Bertz CT molecular complexity index is 3600. The molecule has 9 rings (SSSR count). The lowest BCUT2D eigenvalue weighted by Gasteiger charge is -2.40. The van der Waals surface area contributed by atoms with Gasteiger partial charge in [-0.15, -0.1) is 12.4 Å². The lowest BCUT2D eigenvalue weighted by atomic mass is 9.99. The van der Waals surface area contributed by atoms with Crippen molar-refractivity contribution >= 4 is 78.7 Å². The molecule has 4 heterocycles. The first-order valence-corrected chi connectivity index (χ1v) is 29.8. The standard InChI is InChI=1S/C31H32ClFN2O6S.C24H26ClFN2O6S.ClH/c1-19(2)34-18-31(14-22(31)17-42(3,39)40)35-15-23(25(36)13-12-21-10-7-11-24(32)26(21)33)28(37)29(27(35)30(34)38)41-16-20-8-5-4-6-9-20;1-13(2)27-12-24(9-15(24)11-35(3,33)34)28-10-16(21(30)22(31)20(28)23(27)32)18(29)8-7-14-5-4-6-17(25)19(14)26;/h4-11,15,19,22H,12-14,16-18H2,1-3H3;4-6,10,13,15,31H,7-9,11-12H2,1-3H3;1H/t22-,31-;15-,24-;/m00./s1. The van der Waals surface area contributed by atoms with E-state index in [4.69, 9.17) is 27.9 Å². The van der Waals surface area contributed by atoms with E-state index in [1.54, 1.807) is 35.4 Å². The van der Waals surface area contributed by atoms with E-state index >= 15 is 0 Å². The van der Waals surface area contributed by atoms with Gasteiger partial charge in [-0.05, 0) is 82.2 Å². The van der Waals surface area contributed by atoms with Crippen LogP contribution >= 0.6 is 35.6 Å². The number of halogens is 5. The Morgan fingerprint density at radius 2 is 1.09 bits per heavy atom. The molecule has 2 saturated carbocycles. The van der Waals surface area contributed by atoms with E-state index in [1.807, 2.05) is 44.2 Å². The Morgan fingerprint density at radius 3 is 1.53 bits per heavy atom. The van der Waals surface area contributed by atoms with Gasteiger partial charge in [-0.25, -0.2) is 25.6 Å². The van der Waals surface area contributed by atoms with E-state index in [-0.39, 0.29) is 143 Å². The number of carbonyl (C=O) groups is 4. The Balaban J connectivity index is 0.000000227. The molecule has 418 valence electrons. The van der Waals surface area contributed by atoms with Crippen LogP contribution < -0.4 is 15.6 Å². The number of nitrogens with zero attached hydrogens (tertiary/aromatic N) is 4. The molecule has 2 aliphatic heterocycles. The molecule has 4 aliphatic rings. The predicted molar refractivity (Wildman–Crippen MR) is 293 cm³/mol. The van der Waals surface area contributed by atoms with Gasteiger partial charge in [0.1, 0.15) is 37.9 Å². The zero-order valence-corrected chi connectivity index (χ0v) is 47.5. The zero-order chi connectivity index (χ0) is 56.3. The van der Waals surface area contributed by atoms with Gasteiger partial charge in [-0.2, -0.15) is 0 Å². The number of hydrogen-bond acceptors (Lipinski definition) is 12. The molecule has 2 aliphatic carbocycles. The summed E-state index contributed by atoms with van der Waals surface area (Å²) in [6.07, 6.45) is 5.36. The lowest BCUT2D eigenvalue weighted by Crippen LogP contribution is -2.52. The minimum atomic E-state index is -3.35. The molecule has 3 aromatic carbocycles. The number of sulfone groups is 2. The maximum Gasteiger partial charge on any atom is 0.274 e. The number of amides is 2. The number of hydrogen-bond donors (Lipinski definition) is 1. The molecule has 2 fully saturated rings. The molecular weight excluding hydrogens is 1120 g/mol. The molecule has 2 amide bonds. The van der Waals surface area contributed by atoms with Crippen molar-refractivity contribution in [3.63, 3.8) is 0 Å². The van der Waals surface area contributed by atoms with Gasteiger partial charge in [-0.3, -0.25) is 28.8 Å². The fourth-order valence-corrected chi connectivity index (χ4v) is 13.4. The van der Waals surface area contributed by atoms with Gasteiger partial charge in [0.15, 0.2) is 34.5 Å². The summed E-state index contributed by atoms with van der Waals surface area (Å²) < 4.78 is 86.3. The number of ketones is 2. The number of rotatable bonds is 17. The summed E-state index contributed by atoms with van der Waals surface area (Å²) in [4.78, 5) is 83.4. The first-order chi connectivity index (χ1) is 36.1. The normalized spacial score (nSPS) is 20.3. The van der Waals surface area contributed by atoms with Crippen molar-refractivity contribution in [3.8, 4) is 11.5 Å². The van der Waals surface area contributed by atoms with Crippen LogP contribution in [0.25, 0.3) is 0 Å². The van der Waals surface area contributed by atoms with Gasteiger partial charge in [0.2, 0.25) is 10.9 Å². The number of pyridine rings is 2. The molecule has 2 spiro atoms. The minimum absolute atomic E-state index is 0. The number of carbonyl (C=O) groups excluding carboxylic acids is 4. The lowest BCUT2D eigenvalue weighted by molar-refractivity contribution is 0.0557. The van der Waals surface area contributed by atoms with Crippen LogP contribution in [0.15, 0.2) is 88.7 Å². The molecule has 2 aromatic heterocycles. The summed E-state index contributed by atoms with van der Waals surface area (Å²) >= 11 is 11.7. The highest BCUT2D eigenvalue weighted by Crippen LogP contribution is 2.56. The maximum atomic E-state index is 14.5. The Labute approximate surface area is 466 Å². The molecule has 4 atom stereocenters.